The van der Waals surface area contributed by atoms with Crippen LogP contribution >= 0.6 is 0 Å². The summed E-state index contributed by atoms with van der Waals surface area (Å²) in [6.45, 7) is 5.73. The Balaban J connectivity index is 1.93. The summed E-state index contributed by atoms with van der Waals surface area (Å²) in [4.78, 5) is 26.1. The zero-order valence-corrected chi connectivity index (χ0v) is 13.9. The lowest BCUT2D eigenvalue weighted by Gasteiger charge is -2.18. The minimum Gasteiger partial charge on any atom is -0.393 e. The van der Waals surface area contributed by atoms with Gasteiger partial charge in [0, 0.05) is 36.7 Å². The van der Waals surface area contributed by atoms with Crippen LogP contribution in [0.25, 0.3) is 0 Å². The van der Waals surface area contributed by atoms with Crippen molar-refractivity contribution in [2.45, 2.75) is 39.2 Å². The first kappa shape index (κ1) is 17.5. The molecule has 126 valence electrons. The highest BCUT2D eigenvalue weighted by Crippen LogP contribution is 2.24. The summed E-state index contributed by atoms with van der Waals surface area (Å²) in [5.74, 6) is -0.0237. The van der Waals surface area contributed by atoms with Crippen molar-refractivity contribution in [2.75, 3.05) is 19.6 Å². The molecular weight excluding hydrogens is 292 g/mol. The minimum atomic E-state index is -0.302. The van der Waals surface area contributed by atoms with Crippen molar-refractivity contribution in [1.82, 2.24) is 10.2 Å². The largest absolute Gasteiger partial charge is 0.393 e. The second-order valence-electron chi connectivity index (χ2n) is 6.02. The van der Waals surface area contributed by atoms with Crippen molar-refractivity contribution >= 4 is 11.8 Å². The van der Waals surface area contributed by atoms with E-state index in [0.29, 0.717) is 30.8 Å². The molecule has 0 bridgehead atoms. The number of hydrogen-bond donors (Lipinski definition) is 2. The number of aliphatic hydroxyl groups excluding tert-OH is 1. The Kier molecular flexibility index (Phi) is 6.16. The molecule has 2 unspecified atom stereocenters. The Morgan fingerprint density at radius 2 is 1.74 bits per heavy atom. The molecule has 0 saturated heterocycles. The van der Waals surface area contributed by atoms with Gasteiger partial charge in [-0.3, -0.25) is 9.59 Å². The highest BCUT2D eigenvalue weighted by atomic mass is 16.3. The Morgan fingerprint density at radius 1 is 1.13 bits per heavy atom. The molecule has 2 rings (SSSR count). The number of rotatable bonds is 6. The predicted octanol–water partition coefficient (Wildman–Crippen LogP) is 2.06. The Labute approximate surface area is 137 Å². The Hall–Kier alpha value is -1.88. The third-order valence-electron chi connectivity index (χ3n) is 4.59. The highest BCUT2D eigenvalue weighted by Gasteiger charge is 2.25. The van der Waals surface area contributed by atoms with E-state index in [2.05, 4.69) is 5.32 Å². The van der Waals surface area contributed by atoms with E-state index in [-0.39, 0.29) is 23.8 Å². The van der Waals surface area contributed by atoms with E-state index in [1.165, 1.54) is 0 Å². The normalized spacial score (nSPS) is 20.3. The van der Waals surface area contributed by atoms with E-state index >= 15 is 0 Å². The van der Waals surface area contributed by atoms with Crippen LogP contribution in [0, 0.1) is 5.92 Å². The first-order valence-electron chi connectivity index (χ1n) is 8.42. The van der Waals surface area contributed by atoms with Crippen LogP contribution in [-0.2, 0) is 0 Å². The van der Waals surface area contributed by atoms with E-state index in [1.54, 1.807) is 29.2 Å². The second kappa shape index (κ2) is 8.11. The van der Waals surface area contributed by atoms with Crippen molar-refractivity contribution in [3.8, 4) is 0 Å². The SMILES string of the molecule is CCN(CC)C(=O)c1ccc(C(=O)NCC2CCCC2O)cc1. The molecule has 1 aromatic carbocycles. The van der Waals surface area contributed by atoms with Gasteiger partial charge < -0.3 is 15.3 Å². The van der Waals surface area contributed by atoms with E-state index in [1.807, 2.05) is 13.8 Å². The molecule has 1 fully saturated rings. The van der Waals surface area contributed by atoms with Crippen LogP contribution in [0.4, 0.5) is 0 Å². The van der Waals surface area contributed by atoms with Gasteiger partial charge in [-0.25, -0.2) is 0 Å². The van der Waals surface area contributed by atoms with Gasteiger partial charge in [0.15, 0.2) is 0 Å². The highest BCUT2D eigenvalue weighted by molar-refractivity contribution is 5.97. The van der Waals surface area contributed by atoms with Gasteiger partial charge in [0.05, 0.1) is 6.10 Å². The molecule has 5 heteroatoms. The van der Waals surface area contributed by atoms with Gasteiger partial charge in [-0.1, -0.05) is 6.42 Å². The molecule has 5 nitrogen and oxygen atoms in total. The number of nitrogens with zero attached hydrogens (tertiary/aromatic N) is 1. The third-order valence-corrected chi connectivity index (χ3v) is 4.59. The van der Waals surface area contributed by atoms with E-state index in [9.17, 15) is 14.7 Å². The summed E-state index contributed by atoms with van der Waals surface area (Å²) in [5, 5.41) is 12.6. The van der Waals surface area contributed by atoms with Gasteiger partial charge in [-0.15, -0.1) is 0 Å². The topological polar surface area (TPSA) is 69.6 Å². The van der Waals surface area contributed by atoms with Crippen LogP contribution in [0.2, 0.25) is 0 Å². The van der Waals surface area contributed by atoms with Crippen molar-refractivity contribution in [3.05, 3.63) is 35.4 Å². The molecule has 23 heavy (non-hydrogen) atoms. The Bertz CT molecular complexity index is 538. The molecule has 2 amide bonds. The van der Waals surface area contributed by atoms with Gasteiger partial charge in [0.2, 0.25) is 0 Å². The lowest BCUT2D eigenvalue weighted by atomic mass is 10.1. The average molecular weight is 318 g/mol. The molecule has 0 aliphatic heterocycles. The molecule has 2 N–H and O–H groups in total. The van der Waals surface area contributed by atoms with E-state index < -0.39 is 0 Å². The van der Waals surface area contributed by atoms with Gasteiger partial charge in [-0.05, 0) is 51.0 Å². The maximum atomic E-state index is 12.2. The summed E-state index contributed by atoms with van der Waals surface area (Å²) in [7, 11) is 0. The van der Waals surface area contributed by atoms with Crippen molar-refractivity contribution < 1.29 is 14.7 Å². The molecule has 0 aromatic heterocycles. The van der Waals surface area contributed by atoms with Crippen molar-refractivity contribution in [2.24, 2.45) is 5.92 Å². The summed E-state index contributed by atoms with van der Waals surface area (Å²) in [6, 6.07) is 6.74. The molecule has 1 saturated carbocycles. The standard InChI is InChI=1S/C18H26N2O3/c1-3-20(4-2)18(23)14-10-8-13(9-11-14)17(22)19-12-15-6-5-7-16(15)21/h8-11,15-16,21H,3-7,12H2,1-2H3,(H,19,22). The maximum Gasteiger partial charge on any atom is 0.253 e. The monoisotopic (exact) mass is 318 g/mol. The quantitative estimate of drug-likeness (QED) is 0.843. The maximum absolute atomic E-state index is 12.2. The van der Waals surface area contributed by atoms with Gasteiger partial charge in [0.25, 0.3) is 11.8 Å². The molecule has 0 radical (unpaired) electrons. The number of carbonyl (C=O) groups is 2. The van der Waals surface area contributed by atoms with Crippen LogP contribution in [0.3, 0.4) is 0 Å². The third kappa shape index (κ3) is 4.32. The second-order valence-corrected chi connectivity index (χ2v) is 6.02. The minimum absolute atomic E-state index is 0.0176. The molecule has 1 aliphatic rings. The zero-order chi connectivity index (χ0) is 16.8. The summed E-state index contributed by atoms with van der Waals surface area (Å²) in [6.07, 6.45) is 2.50. The number of amides is 2. The van der Waals surface area contributed by atoms with E-state index in [0.717, 1.165) is 19.3 Å². The van der Waals surface area contributed by atoms with Crippen LogP contribution in [0.5, 0.6) is 0 Å². The predicted molar refractivity (Wildman–Crippen MR) is 89.4 cm³/mol. The fourth-order valence-corrected chi connectivity index (χ4v) is 3.04. The van der Waals surface area contributed by atoms with Crippen LogP contribution in [0.1, 0.15) is 53.8 Å². The summed E-state index contributed by atoms with van der Waals surface area (Å²) in [5.41, 5.74) is 1.13. The van der Waals surface area contributed by atoms with Crippen molar-refractivity contribution in [1.29, 1.82) is 0 Å². The molecule has 1 aromatic rings. The summed E-state index contributed by atoms with van der Waals surface area (Å²) >= 11 is 0. The van der Waals surface area contributed by atoms with Gasteiger partial charge in [-0.2, -0.15) is 0 Å². The number of carbonyl (C=O) groups excluding carboxylic acids is 2. The number of benzene rings is 1. The lowest BCUT2D eigenvalue weighted by molar-refractivity contribution is 0.0772. The van der Waals surface area contributed by atoms with Crippen LogP contribution in [-0.4, -0.2) is 47.6 Å². The molecule has 2 atom stereocenters. The Morgan fingerprint density at radius 3 is 2.26 bits per heavy atom. The fraction of sp³-hybridized carbons (Fsp3) is 0.556. The fourth-order valence-electron chi connectivity index (χ4n) is 3.04. The summed E-state index contributed by atoms with van der Waals surface area (Å²) < 4.78 is 0. The van der Waals surface area contributed by atoms with Crippen LogP contribution in [0.15, 0.2) is 24.3 Å². The van der Waals surface area contributed by atoms with Crippen LogP contribution < -0.4 is 5.32 Å². The number of hydrogen-bond acceptors (Lipinski definition) is 3. The molecular formula is C18H26N2O3. The number of nitrogens with one attached hydrogen (secondary N) is 1. The zero-order valence-electron chi connectivity index (χ0n) is 13.9. The van der Waals surface area contributed by atoms with Gasteiger partial charge >= 0.3 is 0 Å². The first-order chi connectivity index (χ1) is 11.1. The first-order valence-corrected chi connectivity index (χ1v) is 8.42. The molecule has 0 spiro atoms. The smallest absolute Gasteiger partial charge is 0.253 e. The number of aliphatic hydroxyl groups is 1. The van der Waals surface area contributed by atoms with Crippen molar-refractivity contribution in [3.63, 3.8) is 0 Å². The molecule has 0 heterocycles. The average Bonchev–Trinajstić information content (AvgIpc) is 2.99. The van der Waals surface area contributed by atoms with E-state index in [4.69, 9.17) is 0 Å². The lowest BCUT2D eigenvalue weighted by Crippen LogP contribution is -2.32. The van der Waals surface area contributed by atoms with Gasteiger partial charge in [0.1, 0.15) is 0 Å². The molecule has 1 aliphatic carbocycles.